The molecule has 2 heterocycles. The van der Waals surface area contributed by atoms with E-state index >= 15 is 0 Å². The van der Waals surface area contributed by atoms with Crippen molar-refractivity contribution in [3.05, 3.63) is 71.5 Å². The number of fused-ring (bicyclic) bond motifs is 1. The zero-order valence-corrected chi connectivity index (χ0v) is 14.6. The van der Waals surface area contributed by atoms with Crippen LogP contribution in [0.25, 0.3) is 11.5 Å². The van der Waals surface area contributed by atoms with E-state index in [1.54, 1.807) is 6.20 Å². The summed E-state index contributed by atoms with van der Waals surface area (Å²) in [7, 11) is 0. The van der Waals surface area contributed by atoms with Crippen molar-refractivity contribution in [3.8, 4) is 11.5 Å². The normalized spacial score (nSPS) is 14.0. The molecule has 0 saturated heterocycles. The molecule has 0 spiro atoms. The summed E-state index contributed by atoms with van der Waals surface area (Å²) < 4.78 is 0. The summed E-state index contributed by atoms with van der Waals surface area (Å²) in [5.74, 6) is 1.53. The highest BCUT2D eigenvalue weighted by molar-refractivity contribution is 5.58. The average molecular weight is 346 g/mol. The maximum Gasteiger partial charge on any atom is 0.180 e. The minimum Gasteiger partial charge on any atom is -0.396 e. The topological polar surface area (TPSA) is 70.9 Å². The second-order valence-electron chi connectivity index (χ2n) is 6.51. The number of hydrogen-bond acceptors (Lipinski definition) is 5. The Balaban J connectivity index is 1.72. The number of aryl methyl sites for hydroxylation is 1. The van der Waals surface area contributed by atoms with E-state index in [4.69, 9.17) is 9.97 Å². The van der Waals surface area contributed by atoms with Gasteiger partial charge in [-0.2, -0.15) is 0 Å². The number of nitrogens with zero attached hydrogens (tertiary/aromatic N) is 3. The van der Waals surface area contributed by atoms with Crippen LogP contribution in [-0.2, 0) is 12.8 Å². The molecule has 1 atom stereocenters. The molecule has 0 amide bonds. The Morgan fingerprint density at radius 2 is 1.85 bits per heavy atom. The largest absolute Gasteiger partial charge is 0.396 e. The Labute approximate surface area is 153 Å². The lowest BCUT2D eigenvalue weighted by molar-refractivity contribution is 0.280. The van der Waals surface area contributed by atoms with Gasteiger partial charge < -0.3 is 10.4 Å². The van der Waals surface area contributed by atoms with E-state index in [1.807, 2.05) is 36.4 Å². The van der Waals surface area contributed by atoms with Crippen molar-refractivity contribution in [2.45, 2.75) is 31.7 Å². The Kier molecular flexibility index (Phi) is 4.88. The summed E-state index contributed by atoms with van der Waals surface area (Å²) in [6.07, 6.45) is 5.45. The molecule has 1 aliphatic carbocycles. The quantitative estimate of drug-likeness (QED) is 0.714. The Bertz CT molecular complexity index is 868. The number of anilines is 1. The number of aromatic nitrogens is 3. The van der Waals surface area contributed by atoms with Gasteiger partial charge in [0.15, 0.2) is 5.82 Å². The van der Waals surface area contributed by atoms with Crippen molar-refractivity contribution < 1.29 is 5.11 Å². The van der Waals surface area contributed by atoms with E-state index in [-0.39, 0.29) is 12.6 Å². The molecule has 132 valence electrons. The molecule has 0 bridgehead atoms. The van der Waals surface area contributed by atoms with Crippen molar-refractivity contribution in [1.82, 2.24) is 15.0 Å². The highest BCUT2D eigenvalue weighted by Gasteiger charge is 2.22. The van der Waals surface area contributed by atoms with Gasteiger partial charge in [0, 0.05) is 24.1 Å². The number of aliphatic hydroxyl groups excluding tert-OH is 1. The maximum atomic E-state index is 9.52. The Morgan fingerprint density at radius 1 is 1.00 bits per heavy atom. The third-order valence-corrected chi connectivity index (χ3v) is 4.76. The number of rotatable bonds is 6. The molecule has 0 unspecified atom stereocenters. The highest BCUT2D eigenvalue weighted by Crippen LogP contribution is 2.31. The summed E-state index contributed by atoms with van der Waals surface area (Å²) in [6, 6.07) is 16.0. The van der Waals surface area contributed by atoms with Crippen LogP contribution in [0.5, 0.6) is 0 Å². The molecule has 0 radical (unpaired) electrons. The van der Waals surface area contributed by atoms with Crippen molar-refractivity contribution in [3.63, 3.8) is 0 Å². The molecule has 0 saturated carbocycles. The second kappa shape index (κ2) is 7.62. The van der Waals surface area contributed by atoms with Gasteiger partial charge in [-0.3, -0.25) is 4.98 Å². The van der Waals surface area contributed by atoms with Crippen LogP contribution in [0.15, 0.2) is 54.7 Å². The van der Waals surface area contributed by atoms with Gasteiger partial charge in [0.25, 0.3) is 0 Å². The van der Waals surface area contributed by atoms with E-state index < -0.39 is 0 Å². The van der Waals surface area contributed by atoms with Crippen LogP contribution in [0.4, 0.5) is 5.82 Å². The van der Waals surface area contributed by atoms with Crippen LogP contribution in [-0.4, -0.2) is 26.7 Å². The van der Waals surface area contributed by atoms with Gasteiger partial charge in [-0.1, -0.05) is 36.4 Å². The first-order valence-electron chi connectivity index (χ1n) is 9.08. The van der Waals surface area contributed by atoms with E-state index in [0.29, 0.717) is 12.2 Å². The molecule has 2 N–H and O–H groups in total. The molecule has 2 aromatic heterocycles. The number of aliphatic hydroxyl groups is 1. The third kappa shape index (κ3) is 3.44. The van der Waals surface area contributed by atoms with Crippen LogP contribution in [0, 0.1) is 0 Å². The minimum atomic E-state index is 0.0115. The van der Waals surface area contributed by atoms with Crippen molar-refractivity contribution >= 4 is 5.82 Å². The van der Waals surface area contributed by atoms with Crippen molar-refractivity contribution in [1.29, 1.82) is 0 Å². The van der Waals surface area contributed by atoms with Gasteiger partial charge in [0.05, 0.1) is 6.04 Å². The number of nitrogens with one attached hydrogen (secondary N) is 1. The summed E-state index contributed by atoms with van der Waals surface area (Å²) in [5.41, 5.74) is 4.23. The molecule has 0 aliphatic heterocycles. The Hall–Kier alpha value is -2.79. The third-order valence-electron chi connectivity index (χ3n) is 4.76. The molecular formula is C21H22N4O. The monoisotopic (exact) mass is 346 g/mol. The number of pyridine rings is 1. The first-order valence-corrected chi connectivity index (χ1v) is 9.08. The van der Waals surface area contributed by atoms with Crippen LogP contribution < -0.4 is 5.32 Å². The van der Waals surface area contributed by atoms with Gasteiger partial charge in [-0.25, -0.2) is 9.97 Å². The predicted octanol–water partition coefficient (Wildman–Crippen LogP) is 3.56. The van der Waals surface area contributed by atoms with E-state index in [0.717, 1.165) is 42.0 Å². The molecule has 1 aliphatic rings. The maximum absolute atomic E-state index is 9.52. The highest BCUT2D eigenvalue weighted by atomic mass is 16.3. The summed E-state index contributed by atoms with van der Waals surface area (Å²) in [5, 5.41) is 13.1. The first-order chi connectivity index (χ1) is 12.8. The Morgan fingerprint density at radius 3 is 2.62 bits per heavy atom. The van der Waals surface area contributed by atoms with E-state index in [1.165, 1.54) is 5.56 Å². The van der Waals surface area contributed by atoms with Gasteiger partial charge in [0.1, 0.15) is 11.5 Å². The lowest BCUT2D eigenvalue weighted by Crippen LogP contribution is -2.16. The molecular weight excluding hydrogens is 324 g/mol. The van der Waals surface area contributed by atoms with Crippen LogP contribution in [0.1, 0.15) is 35.7 Å². The van der Waals surface area contributed by atoms with E-state index in [9.17, 15) is 5.11 Å². The average Bonchev–Trinajstić information content (AvgIpc) is 3.18. The lowest BCUT2D eigenvalue weighted by atomic mass is 10.0. The summed E-state index contributed by atoms with van der Waals surface area (Å²) >= 11 is 0. The molecule has 3 aromatic rings. The fourth-order valence-electron chi connectivity index (χ4n) is 3.46. The second-order valence-corrected chi connectivity index (χ2v) is 6.51. The minimum absolute atomic E-state index is 0.0115. The molecule has 5 heteroatoms. The van der Waals surface area contributed by atoms with Gasteiger partial charge in [-0.15, -0.1) is 0 Å². The van der Waals surface area contributed by atoms with Crippen LogP contribution >= 0.6 is 0 Å². The predicted molar refractivity (Wildman–Crippen MR) is 102 cm³/mol. The molecule has 26 heavy (non-hydrogen) atoms. The lowest BCUT2D eigenvalue weighted by Gasteiger charge is -2.21. The van der Waals surface area contributed by atoms with E-state index in [2.05, 4.69) is 22.4 Å². The summed E-state index contributed by atoms with van der Waals surface area (Å²) in [4.78, 5) is 13.9. The number of benzene rings is 1. The standard InChI is InChI=1S/C21H22N4O/c26-14-12-17(15-7-2-1-3-8-15)23-20-16-9-6-11-18(16)24-21(25-20)19-10-4-5-13-22-19/h1-5,7-8,10,13,17,26H,6,9,11-12,14H2,(H,23,24,25)/t17-/m1/s1. The molecule has 5 nitrogen and oxygen atoms in total. The van der Waals surface area contributed by atoms with Gasteiger partial charge in [0.2, 0.25) is 0 Å². The smallest absolute Gasteiger partial charge is 0.180 e. The molecule has 0 fully saturated rings. The zero-order valence-electron chi connectivity index (χ0n) is 14.6. The fraction of sp³-hybridized carbons (Fsp3) is 0.286. The molecule has 4 rings (SSSR count). The molecule has 1 aromatic carbocycles. The fourth-order valence-corrected chi connectivity index (χ4v) is 3.46. The SMILES string of the molecule is OCC[C@@H](Nc1nc(-c2ccccn2)nc2c1CCC2)c1ccccc1. The zero-order chi connectivity index (χ0) is 17.8. The van der Waals surface area contributed by atoms with Crippen LogP contribution in [0.3, 0.4) is 0 Å². The van der Waals surface area contributed by atoms with Crippen molar-refractivity contribution in [2.24, 2.45) is 0 Å². The van der Waals surface area contributed by atoms with Crippen molar-refractivity contribution in [2.75, 3.05) is 11.9 Å². The van der Waals surface area contributed by atoms with Crippen LogP contribution in [0.2, 0.25) is 0 Å². The first kappa shape index (κ1) is 16.7. The number of hydrogen-bond donors (Lipinski definition) is 2. The van der Waals surface area contributed by atoms with Gasteiger partial charge >= 0.3 is 0 Å². The summed E-state index contributed by atoms with van der Waals surface area (Å²) in [6.45, 7) is 0.118. The van der Waals surface area contributed by atoms with Gasteiger partial charge in [-0.05, 0) is 43.4 Å².